The molecule has 0 aliphatic carbocycles. The van der Waals surface area contributed by atoms with Crippen molar-refractivity contribution in [1.29, 1.82) is 0 Å². The summed E-state index contributed by atoms with van der Waals surface area (Å²) in [7, 11) is 0. The number of piperidine rings is 1. The van der Waals surface area contributed by atoms with Crippen molar-refractivity contribution in [3.63, 3.8) is 0 Å². The Morgan fingerprint density at radius 3 is 2.41 bits per heavy atom. The second kappa shape index (κ2) is 9.13. The summed E-state index contributed by atoms with van der Waals surface area (Å²) in [5, 5.41) is 6.25. The molecule has 5 heteroatoms. The summed E-state index contributed by atoms with van der Waals surface area (Å²) in [6.45, 7) is 11.2. The second-order valence-electron chi connectivity index (χ2n) is 7.18. The van der Waals surface area contributed by atoms with Crippen LogP contribution in [0.5, 0.6) is 0 Å². The van der Waals surface area contributed by atoms with Crippen LogP contribution in [-0.4, -0.2) is 48.9 Å². The van der Waals surface area contributed by atoms with Crippen molar-refractivity contribution in [1.82, 2.24) is 15.5 Å². The van der Waals surface area contributed by atoms with E-state index in [0.29, 0.717) is 25.4 Å². The number of nitrogens with zero attached hydrogens (tertiary/aromatic N) is 1. The number of carbonyl (C=O) groups is 2. The molecule has 2 N–H and O–H groups in total. The number of hydrogen-bond donors (Lipinski definition) is 2. The summed E-state index contributed by atoms with van der Waals surface area (Å²) in [4.78, 5) is 26.3. The summed E-state index contributed by atoms with van der Waals surface area (Å²) in [6.07, 6.45) is 4.33. The first kappa shape index (κ1) is 18.9. The number of carbonyl (C=O) groups excluding carboxylic acids is 2. The van der Waals surface area contributed by atoms with Gasteiger partial charge in [0.2, 0.25) is 11.8 Å². The molecule has 22 heavy (non-hydrogen) atoms. The van der Waals surface area contributed by atoms with E-state index < -0.39 is 0 Å². The van der Waals surface area contributed by atoms with Crippen molar-refractivity contribution in [3.8, 4) is 0 Å². The maximum Gasteiger partial charge on any atom is 0.225 e. The average molecular weight is 311 g/mol. The van der Waals surface area contributed by atoms with Crippen LogP contribution in [0.15, 0.2) is 0 Å². The average Bonchev–Trinajstić information content (AvgIpc) is 2.48. The van der Waals surface area contributed by atoms with Gasteiger partial charge in [-0.25, -0.2) is 0 Å². The van der Waals surface area contributed by atoms with Crippen LogP contribution >= 0.6 is 0 Å². The number of nitrogens with one attached hydrogen (secondary N) is 2. The molecule has 5 nitrogen and oxygen atoms in total. The molecule has 1 saturated heterocycles. The summed E-state index contributed by atoms with van der Waals surface area (Å²) in [5.41, 5.74) is -0.368. The molecule has 0 radical (unpaired) electrons. The monoisotopic (exact) mass is 311 g/mol. The van der Waals surface area contributed by atoms with Gasteiger partial charge in [-0.2, -0.15) is 0 Å². The Hall–Kier alpha value is -1.10. The van der Waals surface area contributed by atoms with Crippen LogP contribution in [0.2, 0.25) is 0 Å². The topological polar surface area (TPSA) is 61.4 Å². The Morgan fingerprint density at radius 2 is 1.86 bits per heavy atom. The van der Waals surface area contributed by atoms with Gasteiger partial charge >= 0.3 is 0 Å². The van der Waals surface area contributed by atoms with E-state index in [1.165, 1.54) is 0 Å². The third-order valence-electron chi connectivity index (χ3n) is 4.07. The lowest BCUT2D eigenvalue weighted by Gasteiger charge is -2.34. The van der Waals surface area contributed by atoms with E-state index in [1.807, 2.05) is 20.8 Å². The molecular formula is C17H33N3O2. The SMILES string of the molecule is CCCN(C(=O)CCCNC(=O)C(C)(C)C)C1CCNCC1. The second-order valence-corrected chi connectivity index (χ2v) is 7.18. The minimum atomic E-state index is -0.368. The molecule has 1 heterocycles. The molecule has 0 aromatic carbocycles. The van der Waals surface area contributed by atoms with Crippen LogP contribution in [0.25, 0.3) is 0 Å². The van der Waals surface area contributed by atoms with E-state index in [-0.39, 0.29) is 17.2 Å². The third kappa shape index (κ3) is 6.34. The van der Waals surface area contributed by atoms with Crippen LogP contribution in [0.4, 0.5) is 0 Å². The number of rotatable bonds is 7. The first-order chi connectivity index (χ1) is 10.4. The molecule has 1 fully saturated rings. The van der Waals surface area contributed by atoms with Gasteiger partial charge in [0.25, 0.3) is 0 Å². The van der Waals surface area contributed by atoms with E-state index in [4.69, 9.17) is 0 Å². The van der Waals surface area contributed by atoms with Crippen molar-refractivity contribution >= 4 is 11.8 Å². The van der Waals surface area contributed by atoms with Crippen molar-refractivity contribution in [2.75, 3.05) is 26.2 Å². The van der Waals surface area contributed by atoms with E-state index in [0.717, 1.165) is 38.9 Å². The van der Waals surface area contributed by atoms with Crippen molar-refractivity contribution in [2.45, 2.75) is 65.8 Å². The summed E-state index contributed by atoms with van der Waals surface area (Å²) in [5.74, 6) is 0.280. The summed E-state index contributed by atoms with van der Waals surface area (Å²) < 4.78 is 0. The first-order valence-corrected chi connectivity index (χ1v) is 8.64. The third-order valence-corrected chi connectivity index (χ3v) is 4.07. The lowest BCUT2D eigenvalue weighted by Crippen LogP contribution is -2.46. The zero-order chi connectivity index (χ0) is 16.6. The van der Waals surface area contributed by atoms with E-state index in [9.17, 15) is 9.59 Å². The van der Waals surface area contributed by atoms with E-state index in [1.54, 1.807) is 0 Å². The molecule has 1 aliphatic heterocycles. The van der Waals surface area contributed by atoms with Crippen molar-refractivity contribution in [2.24, 2.45) is 5.41 Å². The Labute approximate surface area is 135 Å². The Morgan fingerprint density at radius 1 is 1.23 bits per heavy atom. The Bertz CT molecular complexity index is 357. The van der Waals surface area contributed by atoms with E-state index in [2.05, 4.69) is 22.5 Å². The smallest absolute Gasteiger partial charge is 0.225 e. The summed E-state index contributed by atoms with van der Waals surface area (Å²) >= 11 is 0. The Balaban J connectivity index is 2.35. The highest BCUT2D eigenvalue weighted by Crippen LogP contribution is 2.15. The Kier molecular flexibility index (Phi) is 7.87. The molecule has 0 spiro atoms. The molecule has 1 rings (SSSR count). The van der Waals surface area contributed by atoms with Crippen LogP contribution < -0.4 is 10.6 Å². The van der Waals surface area contributed by atoms with Gasteiger partial charge in [0.05, 0.1) is 0 Å². The van der Waals surface area contributed by atoms with Gasteiger partial charge in [0, 0.05) is 31.0 Å². The molecule has 0 aromatic heterocycles. The largest absolute Gasteiger partial charge is 0.356 e. The van der Waals surface area contributed by atoms with Gasteiger partial charge < -0.3 is 15.5 Å². The highest BCUT2D eigenvalue weighted by molar-refractivity contribution is 5.81. The first-order valence-electron chi connectivity index (χ1n) is 8.64. The minimum absolute atomic E-state index is 0.0451. The maximum atomic E-state index is 12.5. The van der Waals surface area contributed by atoms with Crippen LogP contribution in [0.1, 0.15) is 59.8 Å². The highest BCUT2D eigenvalue weighted by atomic mass is 16.2. The van der Waals surface area contributed by atoms with Gasteiger partial charge in [0.15, 0.2) is 0 Å². The standard InChI is InChI=1S/C17H33N3O2/c1-5-13-20(14-8-11-18-12-9-14)15(21)7-6-10-19-16(22)17(2,3)4/h14,18H,5-13H2,1-4H3,(H,19,22). The molecule has 2 amide bonds. The number of amides is 2. The molecule has 128 valence electrons. The van der Waals surface area contributed by atoms with Crippen LogP contribution in [0.3, 0.4) is 0 Å². The molecule has 0 bridgehead atoms. The lowest BCUT2D eigenvalue weighted by atomic mass is 9.96. The maximum absolute atomic E-state index is 12.5. The fourth-order valence-electron chi connectivity index (χ4n) is 2.72. The molecule has 0 aromatic rings. The van der Waals surface area contributed by atoms with Gasteiger partial charge in [-0.15, -0.1) is 0 Å². The lowest BCUT2D eigenvalue weighted by molar-refractivity contribution is -0.134. The van der Waals surface area contributed by atoms with Gasteiger partial charge in [-0.05, 0) is 38.8 Å². The number of hydrogen-bond acceptors (Lipinski definition) is 3. The predicted octanol–water partition coefficient (Wildman–Crippen LogP) is 1.92. The van der Waals surface area contributed by atoms with Gasteiger partial charge in [-0.3, -0.25) is 9.59 Å². The highest BCUT2D eigenvalue weighted by Gasteiger charge is 2.24. The fourth-order valence-corrected chi connectivity index (χ4v) is 2.72. The van der Waals surface area contributed by atoms with Crippen molar-refractivity contribution in [3.05, 3.63) is 0 Å². The van der Waals surface area contributed by atoms with Gasteiger partial charge in [0.1, 0.15) is 0 Å². The molecular weight excluding hydrogens is 278 g/mol. The quantitative estimate of drug-likeness (QED) is 0.706. The summed E-state index contributed by atoms with van der Waals surface area (Å²) in [6, 6.07) is 0.387. The zero-order valence-corrected chi connectivity index (χ0v) is 14.7. The normalized spacial score (nSPS) is 16.4. The van der Waals surface area contributed by atoms with Gasteiger partial charge in [-0.1, -0.05) is 27.7 Å². The predicted molar refractivity (Wildman–Crippen MR) is 89.6 cm³/mol. The molecule has 0 atom stereocenters. The van der Waals surface area contributed by atoms with E-state index >= 15 is 0 Å². The van der Waals surface area contributed by atoms with Crippen molar-refractivity contribution < 1.29 is 9.59 Å². The fraction of sp³-hybridized carbons (Fsp3) is 0.882. The molecule has 0 saturated carbocycles. The molecule has 0 unspecified atom stereocenters. The molecule has 1 aliphatic rings. The van der Waals surface area contributed by atoms with Crippen LogP contribution in [0, 0.1) is 5.41 Å². The minimum Gasteiger partial charge on any atom is -0.356 e. The van der Waals surface area contributed by atoms with Crippen LogP contribution in [-0.2, 0) is 9.59 Å². The zero-order valence-electron chi connectivity index (χ0n) is 14.7.